The molecule has 1 N–H and O–H groups in total. The van der Waals surface area contributed by atoms with Gasteiger partial charge in [-0.1, -0.05) is 56.5 Å². The molecule has 3 rings (SSSR count). The molecule has 0 aromatic heterocycles. The van der Waals surface area contributed by atoms with Crippen molar-refractivity contribution in [3.63, 3.8) is 0 Å². The molecule has 0 bridgehead atoms. The Morgan fingerprint density at radius 1 is 1.27 bits per heavy atom. The van der Waals surface area contributed by atoms with E-state index in [1.165, 1.54) is 6.42 Å². The molecule has 3 atom stereocenters. The summed E-state index contributed by atoms with van der Waals surface area (Å²) in [6.07, 6.45) is 5.91. The third-order valence-corrected chi connectivity index (χ3v) is 5.78. The number of hydrogen-bond acceptors (Lipinski definition) is 4. The third-order valence-electron chi connectivity index (χ3n) is 5.78. The minimum absolute atomic E-state index is 0.00763. The van der Waals surface area contributed by atoms with Crippen LogP contribution < -0.4 is 0 Å². The summed E-state index contributed by atoms with van der Waals surface area (Å²) in [6.45, 7) is 3.48. The molecule has 0 amide bonds. The lowest BCUT2D eigenvalue weighted by Crippen LogP contribution is -2.32. The number of aldehydes is 1. The number of aliphatic hydroxyl groups is 1. The summed E-state index contributed by atoms with van der Waals surface area (Å²) in [5.74, 6) is -0.328. The molecular formula is C22H28O4. The van der Waals surface area contributed by atoms with Crippen molar-refractivity contribution >= 4 is 12.1 Å². The average Bonchev–Trinajstić information content (AvgIpc) is 2.94. The number of ether oxygens (including phenoxy) is 1. The highest BCUT2D eigenvalue weighted by atomic mass is 16.5. The van der Waals surface area contributed by atoms with Crippen LogP contribution in [0.4, 0.5) is 0 Å². The number of carbonyl (C=O) groups excluding carboxylic acids is 2. The second kappa shape index (κ2) is 7.75. The molecule has 140 valence electrons. The van der Waals surface area contributed by atoms with E-state index >= 15 is 0 Å². The zero-order valence-electron chi connectivity index (χ0n) is 15.6. The van der Waals surface area contributed by atoms with E-state index < -0.39 is 11.7 Å². The SMILES string of the molecule is CC(Cc1ccccc1)C(O)=C1C(=O)C(C2CCCCC2)OC1(C)C=O. The van der Waals surface area contributed by atoms with Crippen molar-refractivity contribution < 1.29 is 19.4 Å². The molecule has 1 aliphatic carbocycles. The van der Waals surface area contributed by atoms with Crippen LogP contribution in [-0.2, 0) is 20.7 Å². The molecule has 1 saturated heterocycles. The summed E-state index contributed by atoms with van der Waals surface area (Å²) in [5, 5.41) is 10.9. The Kier molecular flexibility index (Phi) is 5.61. The van der Waals surface area contributed by atoms with Gasteiger partial charge in [0.25, 0.3) is 0 Å². The van der Waals surface area contributed by atoms with E-state index in [4.69, 9.17) is 4.74 Å². The number of hydrogen-bond donors (Lipinski definition) is 1. The Bertz CT molecular complexity index is 687. The fraction of sp³-hybridized carbons (Fsp3) is 0.545. The number of aliphatic hydroxyl groups excluding tert-OH is 1. The van der Waals surface area contributed by atoms with E-state index in [-0.39, 0.29) is 29.0 Å². The Morgan fingerprint density at radius 2 is 1.92 bits per heavy atom. The molecule has 2 aliphatic rings. The van der Waals surface area contributed by atoms with Gasteiger partial charge in [-0.05, 0) is 37.7 Å². The average molecular weight is 356 g/mol. The Hall–Kier alpha value is -1.94. The highest BCUT2D eigenvalue weighted by Crippen LogP contribution is 2.41. The van der Waals surface area contributed by atoms with Gasteiger partial charge in [0, 0.05) is 5.92 Å². The van der Waals surface area contributed by atoms with Crippen molar-refractivity contribution in [1.82, 2.24) is 0 Å². The maximum absolute atomic E-state index is 13.1. The third kappa shape index (κ3) is 3.61. The minimum Gasteiger partial charge on any atom is -0.511 e. The van der Waals surface area contributed by atoms with Gasteiger partial charge in [0.2, 0.25) is 0 Å². The lowest BCUT2D eigenvalue weighted by Gasteiger charge is -2.27. The first-order valence-corrected chi connectivity index (χ1v) is 9.62. The first kappa shape index (κ1) is 18.8. The van der Waals surface area contributed by atoms with Crippen molar-refractivity contribution in [1.29, 1.82) is 0 Å². The van der Waals surface area contributed by atoms with Crippen LogP contribution >= 0.6 is 0 Å². The topological polar surface area (TPSA) is 63.6 Å². The van der Waals surface area contributed by atoms with Crippen molar-refractivity contribution in [3.05, 3.63) is 47.2 Å². The summed E-state index contributed by atoms with van der Waals surface area (Å²) in [6, 6.07) is 9.82. The second-order valence-corrected chi connectivity index (χ2v) is 7.88. The summed E-state index contributed by atoms with van der Waals surface area (Å²) in [5.41, 5.74) is -0.115. The molecule has 3 unspecified atom stereocenters. The summed E-state index contributed by atoms with van der Waals surface area (Å²) in [7, 11) is 0. The van der Waals surface area contributed by atoms with Gasteiger partial charge >= 0.3 is 0 Å². The molecule has 1 heterocycles. The lowest BCUT2D eigenvalue weighted by atomic mass is 9.81. The molecule has 0 spiro atoms. The van der Waals surface area contributed by atoms with Crippen LogP contribution in [-0.4, -0.2) is 28.9 Å². The van der Waals surface area contributed by atoms with Gasteiger partial charge in [-0.3, -0.25) is 9.59 Å². The van der Waals surface area contributed by atoms with E-state index in [2.05, 4.69) is 0 Å². The zero-order chi connectivity index (χ0) is 18.7. The number of allylic oxidation sites excluding steroid dienone is 1. The summed E-state index contributed by atoms with van der Waals surface area (Å²) < 4.78 is 5.95. The molecule has 0 radical (unpaired) electrons. The monoisotopic (exact) mass is 356 g/mol. The standard InChI is InChI=1S/C22H28O4/c1-15(13-16-9-5-3-6-10-16)19(24)18-20(25)21(26-22(18,2)14-23)17-11-7-4-8-12-17/h3,5-6,9-10,14-15,17,21,24H,4,7-8,11-13H2,1-2H3. The van der Waals surface area contributed by atoms with Gasteiger partial charge in [0.15, 0.2) is 17.7 Å². The maximum atomic E-state index is 13.1. The first-order valence-electron chi connectivity index (χ1n) is 9.62. The molecule has 1 aliphatic heterocycles. The minimum atomic E-state index is -1.35. The molecule has 1 saturated carbocycles. The Balaban J connectivity index is 1.88. The van der Waals surface area contributed by atoms with E-state index in [1.54, 1.807) is 6.92 Å². The number of rotatable bonds is 5. The fourth-order valence-electron chi connectivity index (χ4n) is 4.29. The van der Waals surface area contributed by atoms with Crippen molar-refractivity contribution in [3.8, 4) is 0 Å². The normalized spacial score (nSPS) is 30.2. The quantitative estimate of drug-likeness (QED) is 0.488. The van der Waals surface area contributed by atoms with E-state index in [0.717, 1.165) is 31.2 Å². The molecule has 1 aromatic carbocycles. The molecule has 2 fully saturated rings. The van der Waals surface area contributed by atoms with Gasteiger partial charge in [-0.2, -0.15) is 0 Å². The predicted octanol–water partition coefficient (Wildman–Crippen LogP) is 4.18. The van der Waals surface area contributed by atoms with Crippen LogP contribution in [0, 0.1) is 11.8 Å². The second-order valence-electron chi connectivity index (χ2n) is 7.88. The fourth-order valence-corrected chi connectivity index (χ4v) is 4.29. The van der Waals surface area contributed by atoms with Gasteiger partial charge in [0.1, 0.15) is 11.9 Å². The largest absolute Gasteiger partial charge is 0.511 e. The van der Waals surface area contributed by atoms with E-state index in [1.807, 2.05) is 37.3 Å². The molecule has 4 heteroatoms. The van der Waals surface area contributed by atoms with Gasteiger partial charge in [-0.15, -0.1) is 0 Å². The number of carbonyl (C=O) groups is 2. The highest BCUT2D eigenvalue weighted by molar-refractivity contribution is 6.07. The smallest absolute Gasteiger partial charge is 0.194 e. The summed E-state index contributed by atoms with van der Waals surface area (Å²) in [4.78, 5) is 24.9. The van der Waals surface area contributed by atoms with Crippen molar-refractivity contribution in [2.75, 3.05) is 0 Å². The zero-order valence-corrected chi connectivity index (χ0v) is 15.6. The number of benzene rings is 1. The summed E-state index contributed by atoms with van der Waals surface area (Å²) >= 11 is 0. The molecule has 1 aromatic rings. The van der Waals surface area contributed by atoms with Gasteiger partial charge in [-0.25, -0.2) is 0 Å². The van der Waals surface area contributed by atoms with Gasteiger partial charge in [0.05, 0.1) is 5.57 Å². The van der Waals surface area contributed by atoms with Crippen LogP contribution in [0.15, 0.2) is 41.7 Å². The molecule has 4 nitrogen and oxygen atoms in total. The number of ketones is 1. The van der Waals surface area contributed by atoms with Crippen LogP contribution in [0.1, 0.15) is 51.5 Å². The first-order chi connectivity index (χ1) is 12.5. The Labute approximate surface area is 155 Å². The number of Topliss-reactive ketones (excluding diaryl/α,β-unsaturated/α-hetero) is 1. The highest BCUT2D eigenvalue weighted by Gasteiger charge is 2.52. The maximum Gasteiger partial charge on any atom is 0.194 e. The predicted molar refractivity (Wildman–Crippen MR) is 99.9 cm³/mol. The van der Waals surface area contributed by atoms with Crippen molar-refractivity contribution in [2.24, 2.45) is 11.8 Å². The van der Waals surface area contributed by atoms with Crippen LogP contribution in [0.5, 0.6) is 0 Å². The van der Waals surface area contributed by atoms with Crippen LogP contribution in [0.2, 0.25) is 0 Å². The molecular weight excluding hydrogens is 328 g/mol. The van der Waals surface area contributed by atoms with E-state index in [0.29, 0.717) is 12.7 Å². The van der Waals surface area contributed by atoms with Crippen molar-refractivity contribution in [2.45, 2.75) is 64.1 Å². The van der Waals surface area contributed by atoms with Crippen LogP contribution in [0.25, 0.3) is 0 Å². The van der Waals surface area contributed by atoms with E-state index in [9.17, 15) is 14.7 Å². The van der Waals surface area contributed by atoms with Crippen LogP contribution in [0.3, 0.4) is 0 Å². The van der Waals surface area contributed by atoms with Gasteiger partial charge < -0.3 is 9.84 Å². The Morgan fingerprint density at radius 3 is 2.54 bits per heavy atom. The lowest BCUT2D eigenvalue weighted by molar-refractivity contribution is -0.133. The molecule has 26 heavy (non-hydrogen) atoms.